The van der Waals surface area contributed by atoms with E-state index in [-0.39, 0.29) is 6.04 Å². The van der Waals surface area contributed by atoms with E-state index in [0.29, 0.717) is 0 Å². The summed E-state index contributed by atoms with van der Waals surface area (Å²) in [5.74, 6) is 0.909. The van der Waals surface area contributed by atoms with Gasteiger partial charge in [-0.3, -0.25) is 4.98 Å². The molecule has 1 atom stereocenters. The molecule has 1 unspecified atom stereocenters. The van der Waals surface area contributed by atoms with Gasteiger partial charge in [-0.1, -0.05) is 0 Å². The Hall–Kier alpha value is -1.84. The zero-order chi connectivity index (χ0) is 11.4. The van der Waals surface area contributed by atoms with Crippen molar-refractivity contribution in [1.82, 2.24) is 14.5 Å². The molecule has 84 valence electrons. The Labute approximate surface area is 95.4 Å². The van der Waals surface area contributed by atoms with Crippen molar-refractivity contribution in [2.24, 2.45) is 0 Å². The van der Waals surface area contributed by atoms with Crippen LogP contribution in [0, 0.1) is 0 Å². The minimum Gasteiger partial charge on any atom is -0.349 e. The maximum atomic E-state index is 4.29. The van der Waals surface area contributed by atoms with Gasteiger partial charge in [0.05, 0.1) is 6.04 Å². The van der Waals surface area contributed by atoms with E-state index in [4.69, 9.17) is 0 Å². The first-order valence-electron chi connectivity index (χ1n) is 5.49. The number of nitrogens with one attached hydrogen (secondary N) is 1. The SMILES string of the molecule is CCn1ccnc1NC(C)c1ccncc1. The molecule has 0 radical (unpaired) electrons. The third-order valence-electron chi connectivity index (χ3n) is 2.61. The Kier molecular flexibility index (Phi) is 3.19. The lowest BCUT2D eigenvalue weighted by Gasteiger charge is -2.15. The van der Waals surface area contributed by atoms with Crippen molar-refractivity contribution in [1.29, 1.82) is 0 Å². The Bertz CT molecular complexity index is 435. The average Bonchev–Trinajstić information content (AvgIpc) is 2.77. The number of anilines is 1. The van der Waals surface area contributed by atoms with E-state index in [2.05, 4.69) is 33.7 Å². The van der Waals surface area contributed by atoms with Crippen LogP contribution in [0.3, 0.4) is 0 Å². The van der Waals surface area contributed by atoms with Crippen LogP contribution in [0.1, 0.15) is 25.5 Å². The zero-order valence-corrected chi connectivity index (χ0v) is 9.59. The number of pyridine rings is 1. The van der Waals surface area contributed by atoms with Crippen LogP contribution in [-0.2, 0) is 6.54 Å². The molecule has 2 aromatic rings. The van der Waals surface area contributed by atoms with Gasteiger partial charge in [-0.05, 0) is 31.5 Å². The molecule has 0 aliphatic rings. The van der Waals surface area contributed by atoms with Crippen LogP contribution in [0.5, 0.6) is 0 Å². The van der Waals surface area contributed by atoms with Crippen molar-refractivity contribution in [3.05, 3.63) is 42.5 Å². The summed E-state index contributed by atoms with van der Waals surface area (Å²) in [6.45, 7) is 5.14. The topological polar surface area (TPSA) is 42.7 Å². The average molecular weight is 216 g/mol. The van der Waals surface area contributed by atoms with E-state index in [1.807, 2.05) is 24.5 Å². The summed E-state index contributed by atoms with van der Waals surface area (Å²) in [5.41, 5.74) is 1.21. The number of nitrogens with zero attached hydrogens (tertiary/aromatic N) is 3. The van der Waals surface area contributed by atoms with E-state index in [0.717, 1.165) is 12.5 Å². The van der Waals surface area contributed by atoms with Crippen molar-refractivity contribution in [2.75, 3.05) is 5.32 Å². The van der Waals surface area contributed by atoms with Crippen molar-refractivity contribution in [3.8, 4) is 0 Å². The molecular weight excluding hydrogens is 200 g/mol. The molecule has 0 saturated heterocycles. The highest BCUT2D eigenvalue weighted by atomic mass is 15.2. The molecular formula is C12H16N4. The van der Waals surface area contributed by atoms with Gasteiger partial charge in [0.15, 0.2) is 0 Å². The highest BCUT2D eigenvalue weighted by molar-refractivity contribution is 5.31. The zero-order valence-electron chi connectivity index (χ0n) is 9.59. The van der Waals surface area contributed by atoms with Gasteiger partial charge in [-0.15, -0.1) is 0 Å². The number of rotatable bonds is 4. The molecule has 0 aliphatic carbocycles. The Morgan fingerprint density at radius 2 is 2.06 bits per heavy atom. The summed E-state index contributed by atoms with van der Waals surface area (Å²) >= 11 is 0. The number of aromatic nitrogens is 3. The summed E-state index contributed by atoms with van der Waals surface area (Å²) in [6, 6.07) is 4.25. The number of hydrogen-bond acceptors (Lipinski definition) is 3. The van der Waals surface area contributed by atoms with Crippen LogP contribution in [0.2, 0.25) is 0 Å². The van der Waals surface area contributed by atoms with Crippen LogP contribution >= 0.6 is 0 Å². The van der Waals surface area contributed by atoms with Gasteiger partial charge in [0.25, 0.3) is 0 Å². The van der Waals surface area contributed by atoms with Gasteiger partial charge in [0, 0.05) is 31.3 Å². The first kappa shape index (κ1) is 10.7. The van der Waals surface area contributed by atoms with Gasteiger partial charge in [0.1, 0.15) is 0 Å². The molecule has 2 rings (SSSR count). The van der Waals surface area contributed by atoms with Crippen molar-refractivity contribution >= 4 is 5.95 Å². The predicted octanol–water partition coefficient (Wildman–Crippen LogP) is 2.47. The fourth-order valence-corrected chi connectivity index (χ4v) is 1.63. The van der Waals surface area contributed by atoms with Gasteiger partial charge in [-0.2, -0.15) is 0 Å². The fourth-order valence-electron chi connectivity index (χ4n) is 1.63. The Morgan fingerprint density at radius 3 is 2.75 bits per heavy atom. The molecule has 2 heterocycles. The molecule has 4 nitrogen and oxygen atoms in total. The summed E-state index contributed by atoms with van der Waals surface area (Å²) in [7, 11) is 0. The highest BCUT2D eigenvalue weighted by Gasteiger charge is 2.07. The molecule has 16 heavy (non-hydrogen) atoms. The third-order valence-corrected chi connectivity index (χ3v) is 2.61. The van der Waals surface area contributed by atoms with Crippen LogP contribution in [0.15, 0.2) is 36.9 Å². The Balaban J connectivity index is 2.11. The lowest BCUT2D eigenvalue weighted by Crippen LogP contribution is -2.11. The first-order valence-corrected chi connectivity index (χ1v) is 5.49. The molecule has 4 heteroatoms. The van der Waals surface area contributed by atoms with Crippen LogP contribution < -0.4 is 5.32 Å². The second-order valence-corrected chi connectivity index (χ2v) is 3.68. The molecule has 0 spiro atoms. The minimum atomic E-state index is 0.232. The molecule has 0 aromatic carbocycles. The highest BCUT2D eigenvalue weighted by Crippen LogP contribution is 2.16. The quantitative estimate of drug-likeness (QED) is 0.853. The maximum Gasteiger partial charge on any atom is 0.203 e. The van der Waals surface area contributed by atoms with E-state index >= 15 is 0 Å². The van der Waals surface area contributed by atoms with Gasteiger partial charge < -0.3 is 9.88 Å². The van der Waals surface area contributed by atoms with Crippen molar-refractivity contribution < 1.29 is 0 Å². The van der Waals surface area contributed by atoms with Gasteiger partial charge in [0.2, 0.25) is 5.95 Å². The van der Waals surface area contributed by atoms with Crippen molar-refractivity contribution in [3.63, 3.8) is 0 Å². The predicted molar refractivity (Wildman–Crippen MR) is 64.2 cm³/mol. The summed E-state index contributed by atoms with van der Waals surface area (Å²) in [6.07, 6.45) is 7.40. The van der Waals surface area contributed by atoms with Crippen LogP contribution in [0.25, 0.3) is 0 Å². The molecule has 0 saturated carbocycles. The van der Waals surface area contributed by atoms with Gasteiger partial charge in [-0.25, -0.2) is 4.98 Å². The van der Waals surface area contributed by atoms with Crippen molar-refractivity contribution in [2.45, 2.75) is 26.4 Å². The largest absolute Gasteiger partial charge is 0.349 e. The Morgan fingerprint density at radius 1 is 1.31 bits per heavy atom. The summed E-state index contributed by atoms with van der Waals surface area (Å²) < 4.78 is 2.08. The van der Waals surface area contributed by atoms with E-state index < -0.39 is 0 Å². The van der Waals surface area contributed by atoms with Crippen LogP contribution in [-0.4, -0.2) is 14.5 Å². The van der Waals surface area contributed by atoms with E-state index in [9.17, 15) is 0 Å². The second-order valence-electron chi connectivity index (χ2n) is 3.68. The summed E-state index contributed by atoms with van der Waals surface area (Å²) in [5, 5.41) is 3.38. The maximum absolute atomic E-state index is 4.29. The number of hydrogen-bond donors (Lipinski definition) is 1. The molecule has 0 bridgehead atoms. The lowest BCUT2D eigenvalue weighted by molar-refractivity contribution is 0.743. The van der Waals surface area contributed by atoms with Gasteiger partial charge >= 0.3 is 0 Å². The third kappa shape index (κ3) is 2.21. The molecule has 0 fully saturated rings. The molecule has 0 aliphatic heterocycles. The smallest absolute Gasteiger partial charge is 0.203 e. The fraction of sp³-hybridized carbons (Fsp3) is 0.333. The minimum absolute atomic E-state index is 0.232. The lowest BCUT2D eigenvalue weighted by atomic mass is 10.1. The van der Waals surface area contributed by atoms with Crippen LogP contribution in [0.4, 0.5) is 5.95 Å². The molecule has 0 amide bonds. The number of imidazole rings is 1. The monoisotopic (exact) mass is 216 g/mol. The molecule has 1 N–H and O–H groups in total. The van der Waals surface area contributed by atoms with E-state index in [1.165, 1.54) is 5.56 Å². The molecule has 2 aromatic heterocycles. The summed E-state index contributed by atoms with van der Waals surface area (Å²) in [4.78, 5) is 8.30. The number of aryl methyl sites for hydroxylation is 1. The standard InChI is InChI=1S/C12H16N4/c1-3-16-9-8-14-12(16)15-10(2)11-4-6-13-7-5-11/h4-10H,3H2,1-2H3,(H,14,15). The second kappa shape index (κ2) is 4.79. The van der Waals surface area contributed by atoms with E-state index in [1.54, 1.807) is 12.4 Å². The normalized spacial score (nSPS) is 12.4. The first-order chi connectivity index (χ1) is 7.81.